The van der Waals surface area contributed by atoms with Crippen LogP contribution in [0.5, 0.6) is 0 Å². The van der Waals surface area contributed by atoms with Crippen molar-refractivity contribution in [3.8, 4) is 0 Å². The molecule has 0 aliphatic carbocycles. The summed E-state index contributed by atoms with van der Waals surface area (Å²) in [5.74, 6) is -0.187. The fourth-order valence-corrected chi connectivity index (χ4v) is 1.96. The van der Waals surface area contributed by atoms with Crippen molar-refractivity contribution in [3.05, 3.63) is 35.9 Å². The molecule has 0 bridgehead atoms. The summed E-state index contributed by atoms with van der Waals surface area (Å²) in [6.07, 6.45) is 1.16. The molecular weight excluding hydrogens is 216 g/mol. The van der Waals surface area contributed by atoms with Crippen molar-refractivity contribution in [2.45, 2.75) is 31.8 Å². The first-order valence-corrected chi connectivity index (χ1v) is 5.85. The lowest BCUT2D eigenvalue weighted by Crippen LogP contribution is -2.62. The fraction of sp³-hybridized carbons (Fsp3) is 0.385. The van der Waals surface area contributed by atoms with E-state index in [9.17, 15) is 9.59 Å². The third-order valence-electron chi connectivity index (χ3n) is 2.96. The van der Waals surface area contributed by atoms with Crippen LogP contribution in [-0.2, 0) is 16.0 Å². The van der Waals surface area contributed by atoms with Crippen LogP contribution in [0.25, 0.3) is 0 Å². The Labute approximate surface area is 100 Å². The topological polar surface area (TPSA) is 58.2 Å². The molecule has 0 saturated carbocycles. The largest absolute Gasteiger partial charge is 0.343 e. The van der Waals surface area contributed by atoms with Crippen molar-refractivity contribution in [3.63, 3.8) is 0 Å². The van der Waals surface area contributed by atoms with Crippen LogP contribution in [0.2, 0.25) is 0 Å². The second-order valence-electron chi connectivity index (χ2n) is 4.22. The van der Waals surface area contributed by atoms with E-state index < -0.39 is 6.04 Å². The second-order valence-corrected chi connectivity index (χ2v) is 4.22. The zero-order valence-corrected chi connectivity index (χ0v) is 9.77. The lowest BCUT2D eigenvalue weighted by molar-refractivity contribution is -0.136. The molecule has 0 spiro atoms. The van der Waals surface area contributed by atoms with E-state index in [0.717, 1.165) is 5.56 Å². The Morgan fingerprint density at radius 1 is 1.00 bits per heavy atom. The molecule has 2 rings (SSSR count). The maximum Gasteiger partial charge on any atom is 0.243 e. The van der Waals surface area contributed by atoms with Crippen molar-refractivity contribution in [2.75, 3.05) is 0 Å². The first-order chi connectivity index (χ1) is 8.20. The summed E-state index contributed by atoms with van der Waals surface area (Å²) in [5.41, 5.74) is 1.04. The Balaban J connectivity index is 2.03. The molecule has 1 aliphatic rings. The van der Waals surface area contributed by atoms with Crippen LogP contribution in [0.3, 0.4) is 0 Å². The lowest BCUT2D eigenvalue weighted by atomic mass is 10.0. The fourth-order valence-electron chi connectivity index (χ4n) is 1.96. The quantitative estimate of drug-likeness (QED) is 0.802. The summed E-state index contributed by atoms with van der Waals surface area (Å²) >= 11 is 0. The van der Waals surface area contributed by atoms with Crippen LogP contribution in [0, 0.1) is 0 Å². The van der Waals surface area contributed by atoms with Gasteiger partial charge in [-0.05, 0) is 12.0 Å². The van der Waals surface area contributed by atoms with E-state index in [0.29, 0.717) is 12.8 Å². The first-order valence-electron chi connectivity index (χ1n) is 5.85. The zero-order chi connectivity index (χ0) is 12.3. The molecule has 1 aliphatic heterocycles. The van der Waals surface area contributed by atoms with Crippen LogP contribution < -0.4 is 10.6 Å². The van der Waals surface area contributed by atoms with Crippen LogP contribution in [-0.4, -0.2) is 23.9 Å². The second kappa shape index (κ2) is 4.99. The Kier molecular flexibility index (Phi) is 3.42. The maximum atomic E-state index is 11.8. The standard InChI is InChI=1S/C13H16N2O2/c1-2-10-12(16)15-11(13(17)14-10)8-9-6-4-3-5-7-9/h3-7,10-11H,2,8H2,1H3,(H,14,17)(H,15,16)/t10-,11+/m0/s1. The van der Waals surface area contributed by atoms with E-state index in [2.05, 4.69) is 10.6 Å². The first kappa shape index (κ1) is 11.6. The van der Waals surface area contributed by atoms with Crippen LogP contribution in [0.1, 0.15) is 18.9 Å². The molecule has 0 unspecified atom stereocenters. The van der Waals surface area contributed by atoms with E-state index >= 15 is 0 Å². The van der Waals surface area contributed by atoms with Gasteiger partial charge in [-0.25, -0.2) is 0 Å². The van der Waals surface area contributed by atoms with E-state index in [1.54, 1.807) is 0 Å². The minimum Gasteiger partial charge on any atom is -0.343 e. The Morgan fingerprint density at radius 2 is 1.59 bits per heavy atom. The van der Waals surface area contributed by atoms with Crippen LogP contribution >= 0.6 is 0 Å². The zero-order valence-electron chi connectivity index (χ0n) is 9.77. The van der Waals surface area contributed by atoms with Gasteiger partial charge in [-0.15, -0.1) is 0 Å². The number of amides is 2. The average molecular weight is 232 g/mol. The summed E-state index contributed by atoms with van der Waals surface area (Å²) in [7, 11) is 0. The molecular formula is C13H16N2O2. The number of rotatable bonds is 3. The van der Waals surface area contributed by atoms with Gasteiger partial charge in [0.2, 0.25) is 11.8 Å². The highest BCUT2D eigenvalue weighted by Gasteiger charge is 2.32. The Bertz CT molecular complexity index is 417. The molecule has 90 valence electrons. The number of hydrogen-bond acceptors (Lipinski definition) is 2. The number of carbonyl (C=O) groups is 2. The molecule has 1 aromatic carbocycles. The summed E-state index contributed by atoms with van der Waals surface area (Å²) in [4.78, 5) is 23.4. The molecule has 1 aromatic rings. The van der Waals surface area contributed by atoms with Gasteiger partial charge in [0.25, 0.3) is 0 Å². The van der Waals surface area contributed by atoms with E-state index in [4.69, 9.17) is 0 Å². The average Bonchev–Trinajstić information content (AvgIpc) is 2.34. The Hall–Kier alpha value is -1.84. The number of nitrogens with one attached hydrogen (secondary N) is 2. The lowest BCUT2D eigenvalue weighted by Gasteiger charge is -2.29. The summed E-state index contributed by atoms with van der Waals surface area (Å²) in [6, 6.07) is 8.84. The number of benzene rings is 1. The van der Waals surface area contributed by atoms with Crippen molar-refractivity contribution in [1.29, 1.82) is 0 Å². The van der Waals surface area contributed by atoms with Crippen molar-refractivity contribution in [2.24, 2.45) is 0 Å². The van der Waals surface area contributed by atoms with Gasteiger partial charge in [0.1, 0.15) is 12.1 Å². The van der Waals surface area contributed by atoms with Crippen LogP contribution in [0.15, 0.2) is 30.3 Å². The summed E-state index contributed by atoms with van der Waals surface area (Å²) in [6.45, 7) is 1.88. The van der Waals surface area contributed by atoms with Gasteiger partial charge >= 0.3 is 0 Å². The molecule has 0 aromatic heterocycles. The Morgan fingerprint density at radius 3 is 2.24 bits per heavy atom. The van der Waals surface area contributed by atoms with E-state index in [1.165, 1.54) is 0 Å². The van der Waals surface area contributed by atoms with Crippen LogP contribution in [0.4, 0.5) is 0 Å². The molecule has 4 heteroatoms. The SMILES string of the molecule is CC[C@@H]1NC(=O)[C@@H](Cc2ccccc2)NC1=O. The third-order valence-corrected chi connectivity index (χ3v) is 2.96. The smallest absolute Gasteiger partial charge is 0.243 e. The number of piperazine rings is 1. The predicted octanol–water partition coefficient (Wildman–Crippen LogP) is 0.622. The molecule has 17 heavy (non-hydrogen) atoms. The minimum atomic E-state index is -0.451. The van der Waals surface area contributed by atoms with Gasteiger partial charge in [0.05, 0.1) is 0 Å². The van der Waals surface area contributed by atoms with Gasteiger partial charge in [-0.1, -0.05) is 37.3 Å². The molecule has 2 atom stereocenters. The van der Waals surface area contributed by atoms with Gasteiger partial charge in [-0.2, -0.15) is 0 Å². The number of carbonyl (C=O) groups excluding carboxylic acids is 2. The highest BCUT2D eigenvalue weighted by Crippen LogP contribution is 2.07. The van der Waals surface area contributed by atoms with Crippen molar-refractivity contribution >= 4 is 11.8 Å². The molecule has 1 saturated heterocycles. The van der Waals surface area contributed by atoms with Crippen molar-refractivity contribution < 1.29 is 9.59 Å². The molecule has 2 N–H and O–H groups in total. The maximum absolute atomic E-state index is 11.8. The predicted molar refractivity (Wildman–Crippen MR) is 64.3 cm³/mol. The highest BCUT2D eigenvalue weighted by molar-refractivity contribution is 5.97. The normalized spacial score (nSPS) is 24.1. The van der Waals surface area contributed by atoms with E-state index in [-0.39, 0.29) is 17.9 Å². The molecule has 1 fully saturated rings. The molecule has 2 amide bonds. The monoisotopic (exact) mass is 232 g/mol. The van der Waals surface area contributed by atoms with Gasteiger partial charge in [0.15, 0.2) is 0 Å². The molecule has 4 nitrogen and oxygen atoms in total. The molecule has 1 heterocycles. The van der Waals surface area contributed by atoms with Gasteiger partial charge in [0, 0.05) is 6.42 Å². The third kappa shape index (κ3) is 2.64. The van der Waals surface area contributed by atoms with Gasteiger partial charge in [-0.3, -0.25) is 9.59 Å². The van der Waals surface area contributed by atoms with E-state index in [1.807, 2.05) is 37.3 Å². The van der Waals surface area contributed by atoms with Gasteiger partial charge < -0.3 is 10.6 Å². The number of hydrogen-bond donors (Lipinski definition) is 2. The summed E-state index contributed by atoms with van der Waals surface area (Å²) < 4.78 is 0. The highest BCUT2D eigenvalue weighted by atomic mass is 16.2. The summed E-state index contributed by atoms with van der Waals surface area (Å²) in [5, 5.41) is 5.50. The molecule has 0 radical (unpaired) electrons. The minimum absolute atomic E-state index is 0.0898. The van der Waals surface area contributed by atoms with Crippen molar-refractivity contribution in [1.82, 2.24) is 10.6 Å².